The molecule has 0 bridgehead atoms. The summed E-state index contributed by atoms with van der Waals surface area (Å²) in [6.45, 7) is 1.82. The monoisotopic (exact) mass is 329 g/mol. The molecule has 3 rings (SSSR count). The Morgan fingerprint density at radius 1 is 1.30 bits per heavy atom. The normalized spacial score (nSPS) is 15.0. The Balaban J connectivity index is 2.47. The third kappa shape index (κ3) is 2.41. The fourth-order valence-corrected chi connectivity index (χ4v) is 3.87. The van der Waals surface area contributed by atoms with E-state index >= 15 is 0 Å². The Morgan fingerprint density at radius 2 is 2.04 bits per heavy atom. The first-order chi connectivity index (χ1) is 11.1. The summed E-state index contributed by atoms with van der Waals surface area (Å²) in [5.41, 5.74) is 0.316. The molecule has 0 aromatic heterocycles. The standard InChI is InChI=1S/C16H11NO5S/c1-2-22-16-12(9-18)11-7-10-5-3-4-6-14(10)23(21)15(11)8-13(16)17(19)20/h3-8H,2H2,1H3. The summed E-state index contributed by atoms with van der Waals surface area (Å²) in [7, 11) is 0. The number of benzene rings is 2. The molecule has 2 aromatic carbocycles. The van der Waals surface area contributed by atoms with Crippen molar-refractivity contribution in [3.8, 4) is 5.75 Å². The predicted octanol–water partition coefficient (Wildman–Crippen LogP) is 0.806. The molecule has 0 spiro atoms. The highest BCUT2D eigenvalue weighted by Gasteiger charge is 2.30. The van der Waals surface area contributed by atoms with E-state index in [4.69, 9.17) is 4.74 Å². The highest BCUT2D eigenvalue weighted by molar-refractivity contribution is 7.91. The summed E-state index contributed by atoms with van der Waals surface area (Å²) < 4.78 is 18.0. The first kappa shape index (κ1) is 15.3. The second-order valence-corrected chi connectivity index (χ2v) is 6.17. The summed E-state index contributed by atoms with van der Waals surface area (Å²) in [6, 6.07) is 8.20. The number of nitro groups is 1. The Hall–Kier alpha value is -2.60. The number of carbonyl (C=O) groups excluding carboxylic acids is 1. The average Bonchev–Trinajstić information content (AvgIpc) is 2.54. The van der Waals surface area contributed by atoms with E-state index in [9.17, 15) is 19.5 Å². The Bertz CT molecular complexity index is 950. The molecule has 2 aromatic rings. The van der Waals surface area contributed by atoms with Crippen LogP contribution in [-0.4, -0.2) is 22.0 Å². The molecule has 23 heavy (non-hydrogen) atoms. The number of nitro benzene ring substituents is 1. The molecule has 0 fully saturated rings. The van der Waals surface area contributed by atoms with Crippen LogP contribution in [0.3, 0.4) is 0 Å². The number of rotatable bonds is 3. The summed E-state index contributed by atoms with van der Waals surface area (Å²) in [4.78, 5) is 22.8. The molecule has 1 unspecified atom stereocenters. The second kappa shape index (κ2) is 5.89. The number of fused-ring (bicyclic) bond motifs is 2. The molecular formula is C16H11NO5S. The maximum atomic E-state index is 12.7. The predicted molar refractivity (Wildman–Crippen MR) is 83.0 cm³/mol. The van der Waals surface area contributed by atoms with Gasteiger partial charge in [-0.2, -0.15) is 0 Å². The lowest BCUT2D eigenvalue weighted by Gasteiger charge is -2.17. The van der Waals surface area contributed by atoms with Crippen molar-refractivity contribution in [2.45, 2.75) is 16.7 Å². The van der Waals surface area contributed by atoms with Crippen LogP contribution in [0.1, 0.15) is 12.5 Å². The van der Waals surface area contributed by atoms with Crippen LogP contribution in [0.2, 0.25) is 0 Å². The van der Waals surface area contributed by atoms with E-state index in [0.29, 0.717) is 15.7 Å². The van der Waals surface area contributed by atoms with Crippen LogP contribution in [0.15, 0.2) is 40.1 Å². The second-order valence-electron chi connectivity index (χ2n) is 4.75. The zero-order chi connectivity index (χ0) is 16.6. The van der Waals surface area contributed by atoms with Crippen LogP contribution in [0, 0.1) is 10.1 Å². The fraction of sp³-hybridized carbons (Fsp3) is 0.125. The summed E-state index contributed by atoms with van der Waals surface area (Å²) in [5, 5.41) is 11.6. The van der Waals surface area contributed by atoms with Gasteiger partial charge >= 0.3 is 5.69 Å². The lowest BCUT2D eigenvalue weighted by Crippen LogP contribution is -2.36. The molecule has 0 amide bonds. The van der Waals surface area contributed by atoms with Crippen molar-refractivity contribution in [1.29, 1.82) is 0 Å². The van der Waals surface area contributed by atoms with Gasteiger partial charge in [-0.1, -0.05) is 12.1 Å². The zero-order valence-corrected chi connectivity index (χ0v) is 12.9. The number of hydrogen-bond donors (Lipinski definition) is 0. The molecule has 0 radical (unpaired) electrons. The van der Waals surface area contributed by atoms with Crippen LogP contribution in [0.25, 0.3) is 6.08 Å². The zero-order valence-electron chi connectivity index (χ0n) is 12.1. The van der Waals surface area contributed by atoms with E-state index in [-0.39, 0.29) is 28.2 Å². The highest BCUT2D eigenvalue weighted by atomic mass is 32.2. The van der Waals surface area contributed by atoms with Gasteiger partial charge in [0.1, 0.15) is 11.2 Å². The summed E-state index contributed by atoms with van der Waals surface area (Å²) in [5.74, 6) is 1.57. The van der Waals surface area contributed by atoms with E-state index in [1.165, 1.54) is 6.07 Å². The fourth-order valence-electron chi connectivity index (χ4n) is 2.51. The van der Waals surface area contributed by atoms with Gasteiger partial charge in [0.25, 0.3) is 0 Å². The van der Waals surface area contributed by atoms with E-state index < -0.39 is 16.1 Å². The number of nitrogens with zero attached hydrogens (tertiary/aromatic N) is 1. The Kier molecular flexibility index (Phi) is 3.92. The minimum Gasteiger partial charge on any atom is -0.606 e. The molecule has 6 nitrogen and oxygen atoms in total. The summed E-state index contributed by atoms with van der Waals surface area (Å²) >= 11 is -1.61. The molecule has 0 saturated heterocycles. The van der Waals surface area contributed by atoms with Crippen LogP contribution in [0.4, 0.5) is 5.69 Å². The third-order valence-corrected chi connectivity index (χ3v) is 4.98. The number of hydrogen-bond acceptors (Lipinski definition) is 5. The van der Waals surface area contributed by atoms with Crippen LogP contribution < -0.4 is 15.2 Å². The van der Waals surface area contributed by atoms with Gasteiger partial charge in [-0.25, -0.2) is 4.79 Å². The molecule has 1 aliphatic rings. The van der Waals surface area contributed by atoms with Gasteiger partial charge in [-0.15, -0.1) is 0 Å². The molecule has 7 heteroatoms. The van der Waals surface area contributed by atoms with Crippen molar-refractivity contribution in [3.63, 3.8) is 0 Å². The van der Waals surface area contributed by atoms with Crippen molar-refractivity contribution in [1.82, 2.24) is 0 Å². The molecule has 1 atom stereocenters. The van der Waals surface area contributed by atoms with Crippen LogP contribution in [-0.2, 0) is 16.0 Å². The van der Waals surface area contributed by atoms with Gasteiger partial charge in [-0.05, 0) is 25.1 Å². The van der Waals surface area contributed by atoms with Crippen molar-refractivity contribution in [2.24, 2.45) is 0 Å². The van der Waals surface area contributed by atoms with Crippen molar-refractivity contribution in [2.75, 3.05) is 6.61 Å². The first-order valence-electron chi connectivity index (χ1n) is 6.80. The molecular weight excluding hydrogens is 318 g/mol. The van der Waals surface area contributed by atoms with Gasteiger partial charge in [0.2, 0.25) is 5.75 Å². The Labute approximate surface area is 134 Å². The minimum atomic E-state index is -1.61. The van der Waals surface area contributed by atoms with Gasteiger partial charge < -0.3 is 9.29 Å². The quantitative estimate of drug-likeness (QED) is 0.472. The lowest BCUT2D eigenvalue weighted by atomic mass is 10.1. The lowest BCUT2D eigenvalue weighted by molar-refractivity contribution is -0.386. The molecule has 0 aliphatic carbocycles. The largest absolute Gasteiger partial charge is 0.606 e. The van der Waals surface area contributed by atoms with Crippen molar-refractivity contribution >= 4 is 28.9 Å². The Morgan fingerprint density at radius 3 is 2.70 bits per heavy atom. The topological polar surface area (TPSA) is 92.5 Å². The first-order valence-corrected chi connectivity index (χ1v) is 7.95. The van der Waals surface area contributed by atoms with Crippen LogP contribution >= 0.6 is 0 Å². The smallest absolute Gasteiger partial charge is 0.317 e. The van der Waals surface area contributed by atoms with Crippen molar-refractivity contribution < 1.29 is 19.0 Å². The third-order valence-electron chi connectivity index (χ3n) is 3.47. The minimum absolute atomic E-state index is 0.0705. The van der Waals surface area contributed by atoms with Gasteiger partial charge in [-0.3, -0.25) is 10.1 Å². The van der Waals surface area contributed by atoms with E-state index in [1.807, 2.05) is 0 Å². The van der Waals surface area contributed by atoms with Gasteiger partial charge in [0.15, 0.2) is 9.79 Å². The molecule has 0 saturated carbocycles. The SMILES string of the molecule is CCOc1c([N+](=O)[O-])cc2c(c1=C=O)=Cc1ccccc1[S+]2[O-]. The van der Waals surface area contributed by atoms with Gasteiger partial charge in [0, 0.05) is 16.7 Å². The van der Waals surface area contributed by atoms with E-state index in [2.05, 4.69) is 0 Å². The maximum Gasteiger partial charge on any atom is 0.317 e. The highest BCUT2D eigenvalue weighted by Crippen LogP contribution is 2.30. The number of ether oxygens (including phenoxy) is 1. The summed E-state index contributed by atoms with van der Waals surface area (Å²) in [6.07, 6.45) is 1.68. The maximum absolute atomic E-state index is 12.7. The van der Waals surface area contributed by atoms with Crippen molar-refractivity contribution in [3.05, 3.63) is 56.4 Å². The van der Waals surface area contributed by atoms with E-state index in [1.54, 1.807) is 43.2 Å². The molecule has 0 N–H and O–H groups in total. The molecule has 1 heterocycles. The molecule has 116 valence electrons. The van der Waals surface area contributed by atoms with Crippen LogP contribution in [0.5, 0.6) is 5.75 Å². The van der Waals surface area contributed by atoms with E-state index in [0.717, 1.165) is 0 Å². The average molecular weight is 329 g/mol. The van der Waals surface area contributed by atoms with Gasteiger partial charge in [0.05, 0.1) is 22.8 Å². The molecule has 1 aliphatic heterocycles.